The highest BCUT2D eigenvalue weighted by Crippen LogP contribution is 2.63. The minimum absolute atomic E-state index is 0.0926. The van der Waals surface area contributed by atoms with Crippen LogP contribution < -0.4 is 0 Å². The summed E-state index contributed by atoms with van der Waals surface area (Å²) >= 11 is 0. The van der Waals surface area contributed by atoms with Crippen LogP contribution in [0.4, 0.5) is 0 Å². The van der Waals surface area contributed by atoms with Gasteiger partial charge in [-0.25, -0.2) is 0 Å². The van der Waals surface area contributed by atoms with E-state index in [1.807, 2.05) is 0 Å². The van der Waals surface area contributed by atoms with Gasteiger partial charge in [0, 0.05) is 10.8 Å². The zero-order valence-electron chi connectivity index (χ0n) is 12.2. The Morgan fingerprint density at radius 2 is 1.41 bits per heavy atom. The molecule has 5 rings (SSSR count). The predicted molar refractivity (Wildman–Crippen MR) is 93.0 cm³/mol. The molecule has 0 saturated heterocycles. The number of hydrogen-bond donors (Lipinski definition) is 0. The van der Waals surface area contributed by atoms with Crippen molar-refractivity contribution in [2.75, 3.05) is 0 Å². The van der Waals surface area contributed by atoms with Gasteiger partial charge in [0.1, 0.15) is 0 Å². The largest absolute Gasteiger partial charge is 0.0687 e. The van der Waals surface area contributed by atoms with Gasteiger partial charge >= 0.3 is 0 Å². The lowest BCUT2D eigenvalue weighted by Crippen LogP contribution is -2.43. The molecular weight excluding hydrogens is 264 g/mol. The number of hydrogen-bond acceptors (Lipinski definition) is 0. The van der Waals surface area contributed by atoms with E-state index in [1.165, 1.54) is 22.3 Å². The lowest BCUT2D eigenvalue weighted by atomic mass is 9.50. The average Bonchev–Trinajstić information content (AvgIpc) is 2.59. The first-order valence-corrected chi connectivity index (χ1v) is 7.80. The van der Waals surface area contributed by atoms with Crippen LogP contribution in [0.1, 0.15) is 11.1 Å². The Morgan fingerprint density at radius 1 is 0.636 bits per heavy atom. The molecule has 4 aliphatic carbocycles. The van der Waals surface area contributed by atoms with Gasteiger partial charge in [0.2, 0.25) is 0 Å². The van der Waals surface area contributed by atoms with Gasteiger partial charge in [-0.3, -0.25) is 0 Å². The van der Waals surface area contributed by atoms with Gasteiger partial charge < -0.3 is 0 Å². The molecule has 0 N–H and O–H groups in total. The molecule has 22 heavy (non-hydrogen) atoms. The number of benzene rings is 1. The van der Waals surface area contributed by atoms with Gasteiger partial charge in [0.25, 0.3) is 0 Å². The van der Waals surface area contributed by atoms with Crippen molar-refractivity contribution in [3.05, 3.63) is 108 Å². The van der Waals surface area contributed by atoms with Gasteiger partial charge in [-0.05, 0) is 22.3 Å². The fourth-order valence-corrected chi connectivity index (χ4v) is 4.34. The average molecular weight is 280 g/mol. The van der Waals surface area contributed by atoms with Crippen molar-refractivity contribution in [3.63, 3.8) is 0 Å². The van der Waals surface area contributed by atoms with Crippen molar-refractivity contribution in [2.24, 2.45) is 10.8 Å². The van der Waals surface area contributed by atoms with Gasteiger partial charge in [0.15, 0.2) is 0 Å². The molecule has 1 aromatic rings. The van der Waals surface area contributed by atoms with Crippen molar-refractivity contribution >= 4 is 11.6 Å². The van der Waals surface area contributed by atoms with Crippen molar-refractivity contribution in [3.8, 4) is 0 Å². The molecule has 2 unspecified atom stereocenters. The highest BCUT2D eigenvalue weighted by molar-refractivity contribution is 5.89. The maximum Gasteiger partial charge on any atom is 0.0491 e. The first-order chi connectivity index (χ1) is 10.9. The Morgan fingerprint density at radius 3 is 2.32 bits per heavy atom. The van der Waals surface area contributed by atoms with Crippen LogP contribution in [0.3, 0.4) is 0 Å². The number of rotatable bonds is 0. The van der Waals surface area contributed by atoms with Crippen molar-refractivity contribution in [2.45, 2.75) is 0 Å². The molecular formula is C22H16. The smallest absolute Gasteiger partial charge is 0.0491 e. The van der Waals surface area contributed by atoms with Gasteiger partial charge in [0.05, 0.1) is 0 Å². The van der Waals surface area contributed by atoms with Crippen molar-refractivity contribution in [1.82, 2.24) is 0 Å². The standard InChI is InChI=1S/C22H16/c1-2-9-19-17(7-1)12-16-22-15-6-5-14-21(22)13-4-3-8-18(21)10-11-20(19)22/h1-16H. The predicted octanol–water partition coefficient (Wildman–Crippen LogP) is 5.26. The van der Waals surface area contributed by atoms with Crippen LogP contribution in [-0.2, 0) is 0 Å². The Labute approximate surface area is 130 Å². The lowest BCUT2D eigenvalue weighted by Gasteiger charge is -2.52. The van der Waals surface area contributed by atoms with Gasteiger partial charge in [-0.15, -0.1) is 0 Å². The van der Waals surface area contributed by atoms with Crippen LogP contribution in [0, 0.1) is 10.8 Å². The molecule has 104 valence electrons. The molecule has 0 heterocycles. The third kappa shape index (κ3) is 1.24. The summed E-state index contributed by atoms with van der Waals surface area (Å²) < 4.78 is 0. The van der Waals surface area contributed by atoms with E-state index >= 15 is 0 Å². The molecule has 0 nitrogen and oxygen atoms in total. The van der Waals surface area contributed by atoms with E-state index in [9.17, 15) is 0 Å². The van der Waals surface area contributed by atoms with Crippen molar-refractivity contribution < 1.29 is 0 Å². The molecule has 0 heteroatoms. The van der Waals surface area contributed by atoms with Crippen LogP contribution in [-0.4, -0.2) is 0 Å². The summed E-state index contributed by atoms with van der Waals surface area (Å²) in [5, 5.41) is 0. The van der Waals surface area contributed by atoms with Crippen LogP contribution in [0.15, 0.2) is 96.7 Å². The Bertz CT molecular complexity index is 872. The van der Waals surface area contributed by atoms with Crippen molar-refractivity contribution in [1.29, 1.82) is 0 Å². The van der Waals surface area contributed by atoms with Gasteiger partial charge in [-0.1, -0.05) is 97.2 Å². The molecule has 2 spiro atoms. The molecule has 1 aromatic carbocycles. The summed E-state index contributed by atoms with van der Waals surface area (Å²) in [6.45, 7) is 0. The van der Waals surface area contributed by atoms with E-state index < -0.39 is 0 Å². The van der Waals surface area contributed by atoms with E-state index in [0.29, 0.717) is 0 Å². The quantitative estimate of drug-likeness (QED) is 0.608. The molecule has 0 aromatic heterocycles. The van der Waals surface area contributed by atoms with E-state index in [0.717, 1.165) is 0 Å². The third-order valence-corrected chi connectivity index (χ3v) is 5.39. The fourth-order valence-electron chi connectivity index (χ4n) is 4.34. The molecule has 2 atom stereocenters. The molecule has 0 amide bonds. The van der Waals surface area contributed by atoms with E-state index in [4.69, 9.17) is 0 Å². The summed E-state index contributed by atoms with van der Waals surface area (Å²) in [5.74, 6) is 0. The summed E-state index contributed by atoms with van der Waals surface area (Å²) in [4.78, 5) is 0. The lowest BCUT2D eigenvalue weighted by molar-refractivity contribution is 0.395. The topological polar surface area (TPSA) is 0 Å². The number of allylic oxidation sites excluding steroid dienone is 13. The maximum absolute atomic E-state index is 2.39. The van der Waals surface area contributed by atoms with Crippen LogP contribution >= 0.6 is 0 Å². The molecule has 0 saturated carbocycles. The SMILES string of the molecule is C1=CC2=CC=C3c4ccccc4C=CC34C=CC=CC24C=C1. The molecule has 0 bridgehead atoms. The summed E-state index contributed by atoms with van der Waals surface area (Å²) in [5.41, 5.74) is 5.22. The summed E-state index contributed by atoms with van der Waals surface area (Å²) in [6, 6.07) is 8.69. The second-order valence-electron chi connectivity index (χ2n) is 6.30. The summed E-state index contributed by atoms with van der Waals surface area (Å²) in [6.07, 6.45) is 27.3. The second-order valence-corrected chi connectivity index (χ2v) is 6.30. The first kappa shape index (κ1) is 12.0. The number of fused-ring (bicyclic) bond motifs is 2. The highest BCUT2D eigenvalue weighted by Gasteiger charge is 2.53. The monoisotopic (exact) mass is 280 g/mol. The maximum atomic E-state index is 2.39. The Balaban J connectivity index is 1.88. The third-order valence-electron chi connectivity index (χ3n) is 5.39. The Hall–Kier alpha value is -2.60. The highest BCUT2D eigenvalue weighted by atomic mass is 14.5. The minimum Gasteiger partial charge on any atom is -0.0687 e. The molecule has 0 aliphatic heterocycles. The first-order valence-electron chi connectivity index (χ1n) is 7.80. The molecule has 4 aliphatic rings. The van der Waals surface area contributed by atoms with Gasteiger partial charge in [-0.2, -0.15) is 0 Å². The molecule has 0 fully saturated rings. The zero-order chi connectivity index (χ0) is 14.6. The zero-order valence-corrected chi connectivity index (χ0v) is 12.2. The minimum atomic E-state index is -0.110. The fraction of sp³-hybridized carbons (Fsp3) is 0.0909. The molecule has 0 radical (unpaired) electrons. The normalized spacial score (nSPS) is 32.5. The van der Waals surface area contributed by atoms with Crippen LogP contribution in [0.25, 0.3) is 11.6 Å². The second kappa shape index (κ2) is 3.98. The van der Waals surface area contributed by atoms with E-state index in [1.54, 1.807) is 0 Å². The van der Waals surface area contributed by atoms with Crippen LogP contribution in [0.2, 0.25) is 0 Å². The van der Waals surface area contributed by atoms with E-state index in [-0.39, 0.29) is 10.8 Å². The Kier molecular flexibility index (Phi) is 2.17. The summed E-state index contributed by atoms with van der Waals surface area (Å²) in [7, 11) is 0. The van der Waals surface area contributed by atoms with Crippen LogP contribution in [0.5, 0.6) is 0 Å². The van der Waals surface area contributed by atoms with E-state index in [2.05, 4.69) is 97.2 Å².